The van der Waals surface area contributed by atoms with E-state index in [2.05, 4.69) is 10.3 Å². The molecular weight excluding hydrogens is 222 g/mol. The number of rotatable bonds is 3. The van der Waals surface area contributed by atoms with Gasteiger partial charge < -0.3 is 20.9 Å². The number of aromatic carboxylic acids is 1. The largest absolute Gasteiger partial charge is 0.478 e. The number of nitrogens with zero attached hydrogens (tertiary/aromatic N) is 1. The van der Waals surface area contributed by atoms with E-state index in [0.717, 1.165) is 26.1 Å². The van der Waals surface area contributed by atoms with Crippen LogP contribution < -0.4 is 11.1 Å². The monoisotopic (exact) mass is 237 g/mol. The molecular formula is C11H15N3O3. The van der Waals surface area contributed by atoms with Crippen LogP contribution in [0.1, 0.15) is 23.2 Å². The number of ether oxygens (including phenoxy) is 1. The van der Waals surface area contributed by atoms with Gasteiger partial charge in [0.2, 0.25) is 0 Å². The SMILES string of the molecule is Nc1cnc(NC2CCOCC2)cc1C(=O)O. The van der Waals surface area contributed by atoms with Crippen molar-refractivity contribution in [3.05, 3.63) is 17.8 Å². The first-order valence-electron chi connectivity index (χ1n) is 5.50. The second-order valence-corrected chi connectivity index (χ2v) is 3.99. The van der Waals surface area contributed by atoms with Crippen molar-refractivity contribution in [2.24, 2.45) is 0 Å². The maximum atomic E-state index is 10.9. The predicted octanol–water partition coefficient (Wildman–Crippen LogP) is 0.953. The second-order valence-electron chi connectivity index (χ2n) is 3.99. The lowest BCUT2D eigenvalue weighted by atomic mass is 10.1. The van der Waals surface area contributed by atoms with Gasteiger partial charge in [-0.2, -0.15) is 0 Å². The smallest absolute Gasteiger partial charge is 0.337 e. The van der Waals surface area contributed by atoms with Gasteiger partial charge in [0.15, 0.2) is 0 Å². The fourth-order valence-corrected chi connectivity index (χ4v) is 1.78. The third kappa shape index (κ3) is 2.85. The summed E-state index contributed by atoms with van der Waals surface area (Å²) in [7, 11) is 0. The van der Waals surface area contributed by atoms with Crippen molar-refractivity contribution in [3.63, 3.8) is 0 Å². The zero-order valence-corrected chi connectivity index (χ0v) is 9.35. The van der Waals surface area contributed by atoms with E-state index in [0.29, 0.717) is 5.82 Å². The predicted molar refractivity (Wildman–Crippen MR) is 63.1 cm³/mol. The number of carboxylic acids is 1. The molecule has 17 heavy (non-hydrogen) atoms. The van der Waals surface area contributed by atoms with Crippen LogP contribution in [0.15, 0.2) is 12.3 Å². The first-order chi connectivity index (χ1) is 8.16. The lowest BCUT2D eigenvalue weighted by molar-refractivity contribution is 0.0697. The topological polar surface area (TPSA) is 97.5 Å². The van der Waals surface area contributed by atoms with Gasteiger partial charge in [0.05, 0.1) is 17.4 Å². The molecule has 1 fully saturated rings. The minimum absolute atomic E-state index is 0.0783. The van der Waals surface area contributed by atoms with Gasteiger partial charge in [-0.05, 0) is 18.9 Å². The van der Waals surface area contributed by atoms with Crippen molar-refractivity contribution in [3.8, 4) is 0 Å². The Morgan fingerprint density at radius 1 is 1.53 bits per heavy atom. The van der Waals surface area contributed by atoms with Gasteiger partial charge in [-0.15, -0.1) is 0 Å². The molecule has 1 aromatic heterocycles. The summed E-state index contributed by atoms with van der Waals surface area (Å²) in [5.41, 5.74) is 5.79. The number of carbonyl (C=O) groups is 1. The molecule has 2 rings (SSSR count). The minimum Gasteiger partial charge on any atom is -0.478 e. The molecule has 92 valence electrons. The van der Waals surface area contributed by atoms with E-state index in [1.54, 1.807) is 0 Å². The standard InChI is InChI=1S/C11H15N3O3/c12-9-6-13-10(5-8(9)11(15)16)14-7-1-3-17-4-2-7/h5-7H,1-4,12H2,(H,13,14)(H,15,16). The molecule has 1 saturated heterocycles. The Bertz CT molecular complexity index is 416. The number of nitrogens with two attached hydrogens (primary N) is 1. The van der Waals surface area contributed by atoms with E-state index in [9.17, 15) is 4.79 Å². The highest BCUT2D eigenvalue weighted by molar-refractivity contribution is 5.94. The summed E-state index contributed by atoms with van der Waals surface area (Å²) < 4.78 is 5.24. The van der Waals surface area contributed by atoms with Gasteiger partial charge in [-0.25, -0.2) is 9.78 Å². The first-order valence-corrected chi connectivity index (χ1v) is 5.50. The third-order valence-electron chi connectivity index (χ3n) is 2.74. The average molecular weight is 237 g/mol. The number of hydrogen-bond donors (Lipinski definition) is 3. The van der Waals surface area contributed by atoms with Crippen molar-refractivity contribution >= 4 is 17.5 Å². The normalized spacial score (nSPS) is 16.7. The maximum Gasteiger partial charge on any atom is 0.337 e. The quantitative estimate of drug-likeness (QED) is 0.724. The van der Waals surface area contributed by atoms with Crippen LogP contribution in [-0.4, -0.2) is 35.3 Å². The molecule has 0 radical (unpaired) electrons. The van der Waals surface area contributed by atoms with Crippen LogP contribution in [0.25, 0.3) is 0 Å². The van der Waals surface area contributed by atoms with Crippen LogP contribution >= 0.6 is 0 Å². The number of hydrogen-bond acceptors (Lipinski definition) is 5. The Morgan fingerprint density at radius 2 is 2.24 bits per heavy atom. The third-order valence-corrected chi connectivity index (χ3v) is 2.74. The van der Waals surface area contributed by atoms with Gasteiger partial charge in [0, 0.05) is 19.3 Å². The Balaban J connectivity index is 2.10. The Morgan fingerprint density at radius 3 is 2.88 bits per heavy atom. The van der Waals surface area contributed by atoms with E-state index in [1.165, 1.54) is 12.3 Å². The van der Waals surface area contributed by atoms with Crippen molar-refractivity contribution in [2.75, 3.05) is 24.3 Å². The van der Waals surface area contributed by atoms with Gasteiger partial charge in [0.25, 0.3) is 0 Å². The summed E-state index contributed by atoms with van der Waals surface area (Å²) in [6.07, 6.45) is 3.16. The molecule has 2 heterocycles. The van der Waals surface area contributed by atoms with Crippen molar-refractivity contribution in [1.29, 1.82) is 0 Å². The highest BCUT2D eigenvalue weighted by Gasteiger charge is 2.15. The molecule has 0 spiro atoms. The fraction of sp³-hybridized carbons (Fsp3) is 0.455. The highest BCUT2D eigenvalue weighted by Crippen LogP contribution is 2.18. The van der Waals surface area contributed by atoms with E-state index in [1.807, 2.05) is 0 Å². The highest BCUT2D eigenvalue weighted by atomic mass is 16.5. The number of nitrogen functional groups attached to an aromatic ring is 1. The molecule has 6 nitrogen and oxygen atoms in total. The first kappa shape index (κ1) is 11.7. The van der Waals surface area contributed by atoms with Crippen molar-refractivity contribution in [2.45, 2.75) is 18.9 Å². The summed E-state index contributed by atoms with van der Waals surface area (Å²) in [6.45, 7) is 1.44. The molecule has 0 saturated carbocycles. The second kappa shape index (κ2) is 5.01. The van der Waals surface area contributed by atoms with E-state index < -0.39 is 5.97 Å². The Hall–Kier alpha value is -1.82. The molecule has 0 bridgehead atoms. The van der Waals surface area contributed by atoms with Crippen LogP contribution in [0.5, 0.6) is 0 Å². The summed E-state index contributed by atoms with van der Waals surface area (Å²) in [4.78, 5) is 15.0. The lowest BCUT2D eigenvalue weighted by Crippen LogP contribution is -2.28. The number of anilines is 2. The van der Waals surface area contributed by atoms with E-state index >= 15 is 0 Å². The van der Waals surface area contributed by atoms with E-state index in [-0.39, 0.29) is 17.3 Å². The summed E-state index contributed by atoms with van der Waals surface area (Å²) >= 11 is 0. The zero-order valence-electron chi connectivity index (χ0n) is 9.35. The van der Waals surface area contributed by atoms with Crippen LogP contribution in [0.3, 0.4) is 0 Å². The molecule has 1 aromatic rings. The van der Waals surface area contributed by atoms with Crippen molar-refractivity contribution in [1.82, 2.24) is 4.98 Å². The molecule has 0 amide bonds. The molecule has 1 aliphatic heterocycles. The van der Waals surface area contributed by atoms with E-state index in [4.69, 9.17) is 15.6 Å². The van der Waals surface area contributed by atoms with Crippen LogP contribution in [0.4, 0.5) is 11.5 Å². The fourth-order valence-electron chi connectivity index (χ4n) is 1.78. The van der Waals surface area contributed by atoms with Gasteiger partial charge in [-0.3, -0.25) is 0 Å². The zero-order chi connectivity index (χ0) is 12.3. The Labute approximate surface area is 98.8 Å². The summed E-state index contributed by atoms with van der Waals surface area (Å²) in [5.74, 6) is -0.497. The molecule has 4 N–H and O–H groups in total. The molecule has 0 aliphatic carbocycles. The van der Waals surface area contributed by atoms with Crippen LogP contribution in [0, 0.1) is 0 Å². The van der Waals surface area contributed by atoms with Crippen LogP contribution in [-0.2, 0) is 4.74 Å². The summed E-state index contributed by atoms with van der Waals surface area (Å²) in [5, 5.41) is 12.1. The molecule has 1 aliphatic rings. The Kier molecular flexibility index (Phi) is 3.43. The molecule has 0 atom stereocenters. The number of carboxylic acid groups (broad SMARTS) is 1. The maximum absolute atomic E-state index is 10.9. The molecule has 0 unspecified atom stereocenters. The van der Waals surface area contributed by atoms with Gasteiger partial charge >= 0.3 is 5.97 Å². The average Bonchev–Trinajstić information content (AvgIpc) is 2.32. The molecule has 6 heteroatoms. The van der Waals surface area contributed by atoms with Crippen LogP contribution in [0.2, 0.25) is 0 Å². The number of pyridine rings is 1. The van der Waals surface area contributed by atoms with Crippen molar-refractivity contribution < 1.29 is 14.6 Å². The number of nitrogens with one attached hydrogen (secondary N) is 1. The van der Waals surface area contributed by atoms with Gasteiger partial charge in [-0.1, -0.05) is 0 Å². The number of aromatic nitrogens is 1. The van der Waals surface area contributed by atoms with Gasteiger partial charge in [0.1, 0.15) is 5.82 Å². The lowest BCUT2D eigenvalue weighted by Gasteiger charge is -2.23. The molecule has 0 aromatic carbocycles. The summed E-state index contributed by atoms with van der Waals surface area (Å²) in [6, 6.07) is 1.74. The minimum atomic E-state index is -1.04.